The van der Waals surface area contributed by atoms with Crippen LogP contribution in [-0.4, -0.2) is 184 Å². The molecule has 0 aromatic heterocycles. The molecule has 0 radical (unpaired) electrons. The molecule has 0 aliphatic carbocycles. The molecular formula is C41H68N8O4S3. The number of thioether (sulfide) groups is 2. The highest BCUT2D eigenvalue weighted by molar-refractivity contribution is 8.00. The Kier molecular flexibility index (Phi) is 14.2. The van der Waals surface area contributed by atoms with Gasteiger partial charge in [0, 0.05) is 101 Å². The predicted octanol–water partition coefficient (Wildman–Crippen LogP) is 4.81. The van der Waals surface area contributed by atoms with Gasteiger partial charge in [0.25, 0.3) is 0 Å². The maximum absolute atomic E-state index is 7.09. The second kappa shape index (κ2) is 19.5. The summed E-state index contributed by atoms with van der Waals surface area (Å²) in [5.74, 6) is 3.98. The molecule has 9 heterocycles. The van der Waals surface area contributed by atoms with Gasteiger partial charge >= 0.3 is 0 Å². The lowest BCUT2D eigenvalue weighted by atomic mass is 9.81. The number of likely N-dealkylation sites (tertiary alicyclic amines) is 1. The normalized spacial score (nSPS) is 39.6. The summed E-state index contributed by atoms with van der Waals surface area (Å²) in [5, 5.41) is 12.5. The molecule has 0 bridgehead atoms. The third-order valence-corrected chi connectivity index (χ3v) is 16.9. The average Bonchev–Trinajstić information content (AvgIpc) is 3.43. The van der Waals surface area contributed by atoms with Gasteiger partial charge in [-0.3, -0.25) is 18.9 Å². The van der Waals surface area contributed by atoms with E-state index in [0.29, 0.717) is 5.25 Å². The zero-order valence-electron chi connectivity index (χ0n) is 33.6. The number of hydrazine groups is 2. The summed E-state index contributed by atoms with van der Waals surface area (Å²) in [6, 6.07) is 0.0910. The van der Waals surface area contributed by atoms with Gasteiger partial charge in [-0.05, 0) is 87.4 Å². The molecule has 1 N–H and O–H groups in total. The fourth-order valence-corrected chi connectivity index (χ4v) is 14.8. The molecule has 0 aromatic carbocycles. The molecule has 56 heavy (non-hydrogen) atoms. The Labute approximate surface area is 349 Å². The van der Waals surface area contributed by atoms with Crippen LogP contribution in [-0.2, 0) is 18.4 Å². The molecule has 15 heteroatoms. The SMILES string of the molecule is C1=COC(C2CCN(N(C3CCCSO3)N3CCNCC3)C(N3CCOCC3)(N3CCSCC3)C(C3CCCCS3)(N3CCCCC3)N2C2CCC=CO2)C=C1. The Morgan fingerprint density at radius 2 is 1.54 bits per heavy atom. The number of ether oxygens (including phenoxy) is 3. The van der Waals surface area contributed by atoms with Gasteiger partial charge in [-0.25, -0.2) is 9.91 Å². The predicted molar refractivity (Wildman–Crippen MR) is 228 cm³/mol. The van der Waals surface area contributed by atoms with Gasteiger partial charge in [0.1, 0.15) is 11.8 Å². The number of rotatable bonds is 9. The summed E-state index contributed by atoms with van der Waals surface area (Å²) in [6.45, 7) is 12.4. The van der Waals surface area contributed by atoms with E-state index in [1.54, 1.807) is 12.0 Å². The van der Waals surface area contributed by atoms with E-state index < -0.39 is 11.4 Å². The number of morpholine rings is 1. The van der Waals surface area contributed by atoms with Crippen LogP contribution >= 0.6 is 35.6 Å². The molecule has 7 unspecified atom stereocenters. The van der Waals surface area contributed by atoms with Gasteiger partial charge in [-0.2, -0.15) is 28.5 Å². The number of hydrogen-bond donors (Lipinski definition) is 1. The molecule has 9 aliphatic rings. The first-order chi connectivity index (χ1) is 27.8. The summed E-state index contributed by atoms with van der Waals surface area (Å²) in [6.07, 6.45) is 25.3. The molecule has 7 fully saturated rings. The molecule has 9 rings (SSSR count). The van der Waals surface area contributed by atoms with Crippen molar-refractivity contribution in [3.8, 4) is 0 Å². The summed E-state index contributed by atoms with van der Waals surface area (Å²) in [5.41, 5.74) is -0.471. The van der Waals surface area contributed by atoms with Crippen molar-refractivity contribution in [3.63, 3.8) is 0 Å². The molecule has 7 atom stereocenters. The van der Waals surface area contributed by atoms with Crippen molar-refractivity contribution in [1.82, 2.24) is 40.1 Å². The van der Waals surface area contributed by atoms with Crippen molar-refractivity contribution in [2.45, 2.75) is 112 Å². The minimum Gasteiger partial charge on any atom is -0.492 e. The molecule has 7 saturated heterocycles. The fourth-order valence-electron chi connectivity index (χ4n) is 11.5. The van der Waals surface area contributed by atoms with E-state index in [0.717, 1.165) is 135 Å². The number of nitrogens with one attached hydrogen (secondary N) is 1. The molecule has 314 valence electrons. The van der Waals surface area contributed by atoms with Gasteiger partial charge in [0.2, 0.25) is 0 Å². The fraction of sp³-hybridized carbons (Fsp3) is 0.854. The second-order valence-electron chi connectivity index (χ2n) is 16.7. The van der Waals surface area contributed by atoms with Crippen LogP contribution in [0.4, 0.5) is 0 Å². The van der Waals surface area contributed by atoms with Crippen LogP contribution in [0.25, 0.3) is 0 Å². The summed E-state index contributed by atoms with van der Waals surface area (Å²) >= 11 is 6.10. The lowest BCUT2D eigenvalue weighted by Gasteiger charge is -2.73. The first-order valence-corrected chi connectivity index (χ1v) is 25.4. The van der Waals surface area contributed by atoms with Crippen molar-refractivity contribution in [2.75, 3.05) is 108 Å². The maximum Gasteiger partial charge on any atom is 0.179 e. The van der Waals surface area contributed by atoms with Crippen LogP contribution in [0, 0.1) is 0 Å². The standard InChI is InChI=1S/C41H68N8O4S3/c1-5-18-43(19-6-1)40(37-12-4-9-31-55-37)41(44-23-29-50-30-24-44,45-25-33-54-34-26-45)47(49(39-14-10-32-56-53-39)46-21-16-42-17-22-46)20-15-35(36-11-2-7-27-51-36)48(40)38-13-3-8-28-52-38/h2,7-8,11,27-28,35-39,42H,1,3-6,9-10,12-26,29-34H2. The second-order valence-corrected chi connectivity index (χ2v) is 20.1. The van der Waals surface area contributed by atoms with E-state index in [2.05, 4.69) is 87.9 Å². The monoisotopic (exact) mass is 832 g/mol. The van der Waals surface area contributed by atoms with Crippen LogP contribution < -0.4 is 5.32 Å². The summed E-state index contributed by atoms with van der Waals surface area (Å²) in [4.78, 5) is 12.1. The smallest absolute Gasteiger partial charge is 0.179 e. The molecule has 12 nitrogen and oxygen atoms in total. The third-order valence-electron chi connectivity index (χ3n) is 13.7. The molecule has 0 amide bonds. The van der Waals surface area contributed by atoms with Gasteiger partial charge in [0.05, 0.1) is 31.8 Å². The van der Waals surface area contributed by atoms with Crippen molar-refractivity contribution in [1.29, 1.82) is 0 Å². The van der Waals surface area contributed by atoms with E-state index in [1.165, 1.54) is 44.3 Å². The quantitative estimate of drug-likeness (QED) is 0.324. The Bertz CT molecular complexity index is 1280. The first-order valence-electron chi connectivity index (χ1n) is 22.2. The Morgan fingerprint density at radius 3 is 2.25 bits per heavy atom. The zero-order valence-corrected chi connectivity index (χ0v) is 36.1. The summed E-state index contributed by atoms with van der Waals surface area (Å²) in [7, 11) is 0. The van der Waals surface area contributed by atoms with E-state index in [1.807, 2.05) is 12.5 Å². The lowest BCUT2D eigenvalue weighted by Crippen LogP contribution is -2.93. The Balaban J connectivity index is 1.37. The molecule has 0 spiro atoms. The number of piperazine rings is 1. The number of piperidine rings is 1. The highest BCUT2D eigenvalue weighted by atomic mass is 32.2. The molecule has 9 aliphatic heterocycles. The Hall–Kier alpha value is -0.530. The van der Waals surface area contributed by atoms with E-state index in [-0.39, 0.29) is 24.6 Å². The van der Waals surface area contributed by atoms with Crippen molar-refractivity contribution >= 4 is 35.6 Å². The van der Waals surface area contributed by atoms with Crippen molar-refractivity contribution in [2.24, 2.45) is 0 Å². The van der Waals surface area contributed by atoms with E-state index in [9.17, 15) is 0 Å². The maximum atomic E-state index is 7.09. The van der Waals surface area contributed by atoms with E-state index in [4.69, 9.17) is 18.4 Å². The highest BCUT2D eigenvalue weighted by Crippen LogP contribution is 2.57. The van der Waals surface area contributed by atoms with Gasteiger partial charge in [-0.15, -0.1) is 5.12 Å². The molecule has 0 aromatic rings. The van der Waals surface area contributed by atoms with Crippen LogP contribution in [0.1, 0.15) is 70.6 Å². The summed E-state index contributed by atoms with van der Waals surface area (Å²) < 4.78 is 27.2. The third kappa shape index (κ3) is 7.79. The van der Waals surface area contributed by atoms with Crippen LogP contribution in [0.2, 0.25) is 0 Å². The minimum atomic E-state index is -0.562. The largest absolute Gasteiger partial charge is 0.492 e. The Morgan fingerprint density at radius 1 is 0.696 bits per heavy atom. The van der Waals surface area contributed by atoms with Crippen molar-refractivity contribution in [3.05, 3.63) is 36.8 Å². The first kappa shape index (κ1) is 40.9. The number of allylic oxidation sites excluding steroid dienone is 3. The van der Waals surface area contributed by atoms with Gasteiger partial charge in [0.15, 0.2) is 18.2 Å². The van der Waals surface area contributed by atoms with E-state index >= 15 is 0 Å². The number of nitrogens with zero attached hydrogens (tertiary/aromatic N) is 7. The highest BCUT2D eigenvalue weighted by Gasteiger charge is 2.74. The van der Waals surface area contributed by atoms with Gasteiger partial charge in [-0.1, -0.05) is 18.9 Å². The topological polar surface area (TPSA) is 71.6 Å². The number of hydrogen-bond acceptors (Lipinski definition) is 15. The van der Waals surface area contributed by atoms with Crippen LogP contribution in [0.3, 0.4) is 0 Å². The van der Waals surface area contributed by atoms with Crippen molar-refractivity contribution < 1.29 is 18.4 Å². The molecular weight excluding hydrogens is 765 g/mol. The van der Waals surface area contributed by atoms with Crippen LogP contribution in [0.15, 0.2) is 36.8 Å². The molecule has 0 saturated carbocycles. The average molecular weight is 833 g/mol. The van der Waals surface area contributed by atoms with Crippen LogP contribution in [0.5, 0.6) is 0 Å². The minimum absolute atomic E-state index is 0.0443. The lowest BCUT2D eigenvalue weighted by molar-refractivity contribution is -0.395. The van der Waals surface area contributed by atoms with Gasteiger partial charge < -0.3 is 19.5 Å². The zero-order chi connectivity index (χ0) is 37.6.